The van der Waals surface area contributed by atoms with Crippen LogP contribution < -0.4 is 0 Å². The molecule has 1 aliphatic heterocycles. The van der Waals surface area contributed by atoms with Gasteiger partial charge in [0.2, 0.25) is 0 Å². The van der Waals surface area contributed by atoms with Crippen molar-refractivity contribution in [2.75, 3.05) is 13.1 Å². The Balaban J connectivity index is 1.73. The molecule has 12 heavy (non-hydrogen) atoms. The van der Waals surface area contributed by atoms with Gasteiger partial charge in [0, 0.05) is 6.04 Å². The number of likely N-dealkylation sites (tertiary alicyclic amines) is 1. The number of piperidine rings is 1. The monoisotopic (exact) mass is 167 g/mol. The Kier molecular flexibility index (Phi) is 2.40. The van der Waals surface area contributed by atoms with Gasteiger partial charge >= 0.3 is 0 Å². The van der Waals surface area contributed by atoms with Gasteiger partial charge in [0.25, 0.3) is 0 Å². The summed E-state index contributed by atoms with van der Waals surface area (Å²) in [6, 6.07) is 1.01. The highest BCUT2D eigenvalue weighted by Crippen LogP contribution is 2.42. The Bertz CT molecular complexity index is 153. The molecule has 2 atom stereocenters. The summed E-state index contributed by atoms with van der Waals surface area (Å²) in [4.78, 5) is 2.73. The first kappa shape index (κ1) is 8.55. The molecule has 1 heterocycles. The summed E-state index contributed by atoms with van der Waals surface area (Å²) in [5.74, 6) is 1.98. The van der Waals surface area contributed by atoms with Crippen molar-refractivity contribution in [3.8, 4) is 0 Å². The van der Waals surface area contributed by atoms with E-state index in [2.05, 4.69) is 18.7 Å². The van der Waals surface area contributed by atoms with Crippen molar-refractivity contribution in [3.63, 3.8) is 0 Å². The summed E-state index contributed by atoms with van der Waals surface area (Å²) >= 11 is 0. The maximum atomic E-state index is 2.73. The highest BCUT2D eigenvalue weighted by Gasteiger charge is 2.43. The van der Waals surface area contributed by atoms with E-state index in [9.17, 15) is 0 Å². The molecule has 0 bridgehead atoms. The molecule has 1 saturated carbocycles. The molecule has 2 rings (SSSR count). The second-order valence-corrected chi connectivity index (χ2v) is 4.92. The van der Waals surface area contributed by atoms with Crippen LogP contribution in [0.15, 0.2) is 0 Å². The molecule has 1 aliphatic carbocycles. The maximum absolute atomic E-state index is 2.73. The normalized spacial score (nSPS) is 35.2. The van der Waals surface area contributed by atoms with E-state index in [0.717, 1.165) is 17.9 Å². The highest BCUT2D eigenvalue weighted by atomic mass is 15.2. The summed E-state index contributed by atoms with van der Waals surface area (Å²) in [7, 11) is 0. The van der Waals surface area contributed by atoms with E-state index in [4.69, 9.17) is 0 Å². The average Bonchev–Trinajstić information content (AvgIpc) is 2.78. The van der Waals surface area contributed by atoms with Gasteiger partial charge in [0.15, 0.2) is 0 Å². The fraction of sp³-hybridized carbons (Fsp3) is 1.00. The third kappa shape index (κ3) is 1.82. The Morgan fingerprint density at radius 3 is 3.00 bits per heavy atom. The summed E-state index contributed by atoms with van der Waals surface area (Å²) < 4.78 is 0. The van der Waals surface area contributed by atoms with Gasteiger partial charge in [-0.15, -0.1) is 0 Å². The molecule has 0 N–H and O–H groups in total. The van der Waals surface area contributed by atoms with E-state index < -0.39 is 0 Å². The first-order chi connectivity index (χ1) is 5.77. The number of hydrogen-bond donors (Lipinski definition) is 0. The van der Waals surface area contributed by atoms with Crippen LogP contribution in [0.5, 0.6) is 0 Å². The van der Waals surface area contributed by atoms with E-state index in [1.165, 1.54) is 38.8 Å². The van der Waals surface area contributed by atoms with Crippen molar-refractivity contribution in [3.05, 3.63) is 0 Å². The minimum absolute atomic E-state index is 0.879. The van der Waals surface area contributed by atoms with Gasteiger partial charge in [-0.25, -0.2) is 0 Å². The number of nitrogens with zero attached hydrogens (tertiary/aromatic N) is 1. The van der Waals surface area contributed by atoms with Crippen LogP contribution in [-0.4, -0.2) is 24.0 Å². The molecule has 2 fully saturated rings. The molecule has 0 unspecified atom stereocenters. The van der Waals surface area contributed by atoms with Gasteiger partial charge in [-0.3, -0.25) is 0 Å². The fourth-order valence-electron chi connectivity index (χ4n) is 2.41. The van der Waals surface area contributed by atoms with Crippen molar-refractivity contribution >= 4 is 0 Å². The summed E-state index contributed by atoms with van der Waals surface area (Å²) in [5.41, 5.74) is 0. The van der Waals surface area contributed by atoms with Crippen LogP contribution in [0.25, 0.3) is 0 Å². The lowest BCUT2D eigenvalue weighted by atomic mass is 10.1. The molecule has 0 radical (unpaired) electrons. The standard InChI is InChI=1S/C11H21N/c1-9(2)5-7-12-6-3-4-10-8-11(10)12/h9-11H,3-8H2,1-2H3/t10-,11+/m1/s1. The van der Waals surface area contributed by atoms with E-state index >= 15 is 0 Å². The van der Waals surface area contributed by atoms with Crippen LogP contribution in [0.2, 0.25) is 0 Å². The smallest absolute Gasteiger partial charge is 0.0127 e. The van der Waals surface area contributed by atoms with Crippen LogP contribution in [0, 0.1) is 11.8 Å². The topological polar surface area (TPSA) is 3.24 Å². The van der Waals surface area contributed by atoms with Crippen molar-refractivity contribution in [2.24, 2.45) is 11.8 Å². The lowest BCUT2D eigenvalue weighted by molar-refractivity contribution is 0.204. The molecule has 0 spiro atoms. The molecular weight excluding hydrogens is 146 g/mol. The van der Waals surface area contributed by atoms with Crippen LogP contribution in [0.3, 0.4) is 0 Å². The lowest BCUT2D eigenvalue weighted by Crippen LogP contribution is -2.33. The molecule has 0 amide bonds. The van der Waals surface area contributed by atoms with Crippen LogP contribution in [-0.2, 0) is 0 Å². The van der Waals surface area contributed by atoms with Gasteiger partial charge in [-0.1, -0.05) is 13.8 Å². The first-order valence-corrected chi connectivity index (χ1v) is 5.51. The molecule has 1 saturated heterocycles. The third-order valence-corrected chi connectivity index (χ3v) is 3.37. The molecule has 0 aromatic heterocycles. The van der Waals surface area contributed by atoms with Crippen LogP contribution >= 0.6 is 0 Å². The predicted octanol–water partition coefficient (Wildman–Crippen LogP) is 2.52. The fourth-order valence-corrected chi connectivity index (χ4v) is 2.41. The van der Waals surface area contributed by atoms with Crippen LogP contribution in [0.4, 0.5) is 0 Å². The predicted molar refractivity (Wildman–Crippen MR) is 52.2 cm³/mol. The SMILES string of the molecule is CC(C)CCN1CCC[C@@H]2C[C@@H]21. The Hall–Kier alpha value is -0.0400. The van der Waals surface area contributed by atoms with Crippen molar-refractivity contribution in [1.29, 1.82) is 0 Å². The Labute approximate surface area is 76.1 Å². The second-order valence-electron chi connectivity index (χ2n) is 4.92. The molecule has 70 valence electrons. The summed E-state index contributed by atoms with van der Waals surface area (Å²) in [6.45, 7) is 7.40. The number of rotatable bonds is 3. The molecule has 0 aromatic rings. The quantitative estimate of drug-likeness (QED) is 0.624. The van der Waals surface area contributed by atoms with Crippen molar-refractivity contribution in [1.82, 2.24) is 4.90 Å². The second kappa shape index (κ2) is 3.37. The zero-order valence-electron chi connectivity index (χ0n) is 8.42. The Morgan fingerprint density at radius 2 is 2.25 bits per heavy atom. The van der Waals surface area contributed by atoms with Crippen molar-refractivity contribution < 1.29 is 0 Å². The minimum Gasteiger partial charge on any atom is -0.300 e. The van der Waals surface area contributed by atoms with Crippen molar-refractivity contribution in [2.45, 2.75) is 45.6 Å². The van der Waals surface area contributed by atoms with E-state index in [1.54, 1.807) is 0 Å². The van der Waals surface area contributed by atoms with Gasteiger partial charge in [-0.2, -0.15) is 0 Å². The first-order valence-electron chi connectivity index (χ1n) is 5.51. The molecular formula is C11H21N. The number of hydrogen-bond acceptors (Lipinski definition) is 1. The molecule has 0 aromatic carbocycles. The highest BCUT2D eigenvalue weighted by molar-refractivity contribution is 4.97. The summed E-state index contributed by atoms with van der Waals surface area (Å²) in [5, 5.41) is 0. The zero-order chi connectivity index (χ0) is 8.55. The zero-order valence-corrected chi connectivity index (χ0v) is 8.42. The minimum atomic E-state index is 0.879. The van der Waals surface area contributed by atoms with E-state index in [1.807, 2.05) is 0 Å². The van der Waals surface area contributed by atoms with Gasteiger partial charge in [0.1, 0.15) is 0 Å². The van der Waals surface area contributed by atoms with Gasteiger partial charge in [-0.05, 0) is 50.6 Å². The third-order valence-electron chi connectivity index (χ3n) is 3.37. The molecule has 2 aliphatic rings. The lowest BCUT2D eigenvalue weighted by Gasteiger charge is -2.26. The maximum Gasteiger partial charge on any atom is 0.0127 e. The average molecular weight is 167 g/mol. The van der Waals surface area contributed by atoms with Gasteiger partial charge in [0.05, 0.1) is 0 Å². The number of fused-ring (bicyclic) bond motifs is 1. The van der Waals surface area contributed by atoms with E-state index in [0.29, 0.717) is 0 Å². The largest absolute Gasteiger partial charge is 0.300 e. The molecule has 1 heteroatoms. The van der Waals surface area contributed by atoms with Gasteiger partial charge < -0.3 is 4.90 Å². The van der Waals surface area contributed by atoms with Crippen LogP contribution in [0.1, 0.15) is 39.5 Å². The summed E-state index contributed by atoms with van der Waals surface area (Å²) in [6.07, 6.45) is 5.88. The van der Waals surface area contributed by atoms with E-state index in [-0.39, 0.29) is 0 Å². The molecule has 1 nitrogen and oxygen atoms in total. The Morgan fingerprint density at radius 1 is 1.42 bits per heavy atom.